The van der Waals surface area contributed by atoms with Gasteiger partial charge < -0.3 is 20.6 Å². The Labute approximate surface area is 350 Å². The van der Waals surface area contributed by atoms with E-state index in [9.17, 15) is 20.1 Å². The highest BCUT2D eigenvalue weighted by molar-refractivity contribution is 5.80. The first-order chi connectivity index (χ1) is 27.6. The van der Waals surface area contributed by atoms with E-state index in [2.05, 4.69) is 31.3 Å². The summed E-state index contributed by atoms with van der Waals surface area (Å²) in [6.45, 7) is 4.21. The molecule has 0 aromatic heterocycles. The number of hydrogen-bond acceptors (Lipinski definition) is 4. The monoisotopic (exact) mass is 790 g/mol. The molecule has 332 valence electrons. The van der Waals surface area contributed by atoms with E-state index < -0.39 is 24.2 Å². The van der Waals surface area contributed by atoms with Gasteiger partial charge in [0.2, 0.25) is 5.91 Å². The van der Waals surface area contributed by atoms with E-state index in [1.807, 2.05) is 6.08 Å². The van der Waals surface area contributed by atoms with Crippen LogP contribution in [-0.2, 0) is 4.79 Å². The maximum absolute atomic E-state index is 12.5. The lowest BCUT2D eigenvalue weighted by Gasteiger charge is -2.21. The number of amides is 1. The number of unbranched alkanes of at least 4 members (excludes halogenated alkanes) is 36. The van der Waals surface area contributed by atoms with E-state index in [4.69, 9.17) is 0 Å². The Bertz CT molecular complexity index is 829. The first-order valence-electron chi connectivity index (χ1n) is 25.2. The van der Waals surface area contributed by atoms with Crippen LogP contribution in [0.4, 0.5) is 0 Å². The molecule has 0 bridgehead atoms. The van der Waals surface area contributed by atoms with Gasteiger partial charge in [0.15, 0.2) is 0 Å². The molecule has 0 saturated carbocycles. The SMILES string of the molecule is CCCCCCCCCCCCCC/C=C\CCCCCCCCCCC(O)C(=O)NC(CO)C(O)/C=C/CCCCCCCCCCCCCCCCCC. The van der Waals surface area contributed by atoms with Gasteiger partial charge in [0, 0.05) is 0 Å². The van der Waals surface area contributed by atoms with Crippen molar-refractivity contribution < 1.29 is 20.1 Å². The largest absolute Gasteiger partial charge is 0.394 e. The average Bonchev–Trinajstić information content (AvgIpc) is 3.20. The molecular weight excluding hydrogens is 691 g/mol. The lowest BCUT2D eigenvalue weighted by atomic mass is 10.0. The molecule has 0 heterocycles. The Morgan fingerprint density at radius 3 is 1.04 bits per heavy atom. The predicted molar refractivity (Wildman–Crippen MR) is 245 cm³/mol. The first-order valence-corrected chi connectivity index (χ1v) is 25.2. The third kappa shape index (κ3) is 41.0. The topological polar surface area (TPSA) is 89.8 Å². The number of allylic oxidation sites excluding steroid dienone is 3. The molecule has 56 heavy (non-hydrogen) atoms. The molecule has 0 aliphatic rings. The minimum absolute atomic E-state index is 0.362. The van der Waals surface area contributed by atoms with Gasteiger partial charge in [0.25, 0.3) is 0 Å². The van der Waals surface area contributed by atoms with Gasteiger partial charge in [-0.1, -0.05) is 250 Å². The van der Waals surface area contributed by atoms with Gasteiger partial charge in [0.1, 0.15) is 6.10 Å². The van der Waals surface area contributed by atoms with E-state index in [1.54, 1.807) is 6.08 Å². The maximum atomic E-state index is 12.5. The zero-order valence-corrected chi connectivity index (χ0v) is 37.8. The Kier molecular flexibility index (Phi) is 45.5. The number of aliphatic hydroxyl groups is 3. The normalized spacial score (nSPS) is 13.6. The third-order valence-electron chi connectivity index (χ3n) is 11.8. The fourth-order valence-corrected chi connectivity index (χ4v) is 7.83. The standard InChI is InChI=1S/C51H99NO4/c1-3-5-7-9-11-13-15-17-19-21-23-24-25-26-27-28-30-32-34-36-38-40-42-44-46-50(55)51(56)52-48(47-53)49(54)45-43-41-39-37-35-33-31-29-22-20-18-16-14-12-10-8-6-4-2/h26-27,43,45,48-50,53-55H,3-25,28-42,44,46-47H2,1-2H3,(H,52,56)/b27-26-,45-43+. The highest BCUT2D eigenvalue weighted by Gasteiger charge is 2.22. The Hall–Kier alpha value is -1.17. The van der Waals surface area contributed by atoms with Crippen LogP contribution < -0.4 is 5.32 Å². The van der Waals surface area contributed by atoms with E-state index in [0.717, 1.165) is 32.1 Å². The summed E-state index contributed by atoms with van der Waals surface area (Å²) >= 11 is 0. The summed E-state index contributed by atoms with van der Waals surface area (Å²) in [6, 6.07) is -0.797. The average molecular weight is 790 g/mol. The lowest BCUT2D eigenvalue weighted by Crippen LogP contribution is -2.48. The van der Waals surface area contributed by atoms with Crippen molar-refractivity contribution in [3.8, 4) is 0 Å². The summed E-state index contributed by atoms with van der Waals surface area (Å²) in [4.78, 5) is 12.5. The van der Waals surface area contributed by atoms with Crippen LogP contribution in [0, 0.1) is 0 Å². The molecule has 5 heteroatoms. The van der Waals surface area contributed by atoms with E-state index >= 15 is 0 Å². The van der Waals surface area contributed by atoms with Gasteiger partial charge in [0.05, 0.1) is 18.8 Å². The quantitative estimate of drug-likeness (QED) is 0.0365. The second-order valence-corrected chi connectivity index (χ2v) is 17.4. The van der Waals surface area contributed by atoms with Gasteiger partial charge in [-0.25, -0.2) is 0 Å². The maximum Gasteiger partial charge on any atom is 0.249 e. The molecule has 0 radical (unpaired) electrons. The van der Waals surface area contributed by atoms with Crippen molar-refractivity contribution in [3.63, 3.8) is 0 Å². The van der Waals surface area contributed by atoms with Crippen LogP contribution in [0.2, 0.25) is 0 Å². The summed E-state index contributed by atoms with van der Waals surface area (Å²) in [5.41, 5.74) is 0. The number of hydrogen-bond donors (Lipinski definition) is 4. The van der Waals surface area contributed by atoms with E-state index in [0.29, 0.717) is 6.42 Å². The zero-order chi connectivity index (χ0) is 40.8. The summed E-state index contributed by atoms with van der Waals surface area (Å²) in [5, 5.41) is 33.3. The van der Waals surface area contributed by atoms with Crippen molar-refractivity contribution in [2.45, 2.75) is 289 Å². The molecule has 0 aromatic carbocycles. The highest BCUT2D eigenvalue weighted by Crippen LogP contribution is 2.16. The molecule has 3 unspecified atom stereocenters. The summed E-state index contributed by atoms with van der Waals surface area (Å²) in [7, 11) is 0. The third-order valence-corrected chi connectivity index (χ3v) is 11.8. The minimum atomic E-state index is -1.10. The molecule has 0 rings (SSSR count). The van der Waals surface area contributed by atoms with Crippen LogP contribution in [-0.4, -0.2) is 46.1 Å². The van der Waals surface area contributed by atoms with Crippen LogP contribution >= 0.6 is 0 Å². The van der Waals surface area contributed by atoms with Crippen molar-refractivity contribution in [1.82, 2.24) is 5.32 Å². The first kappa shape index (κ1) is 54.8. The van der Waals surface area contributed by atoms with Crippen molar-refractivity contribution in [2.75, 3.05) is 6.61 Å². The Morgan fingerprint density at radius 1 is 0.429 bits per heavy atom. The summed E-state index contributed by atoms with van der Waals surface area (Å²) in [6.07, 6.45) is 58.0. The molecule has 5 nitrogen and oxygen atoms in total. The second kappa shape index (κ2) is 46.5. The number of aliphatic hydroxyl groups excluding tert-OH is 3. The highest BCUT2D eigenvalue weighted by atomic mass is 16.3. The number of rotatable bonds is 46. The van der Waals surface area contributed by atoms with Crippen molar-refractivity contribution in [3.05, 3.63) is 24.3 Å². The van der Waals surface area contributed by atoms with Gasteiger partial charge in [-0.3, -0.25) is 4.79 Å². The Morgan fingerprint density at radius 2 is 0.714 bits per heavy atom. The summed E-state index contributed by atoms with van der Waals surface area (Å²) in [5.74, 6) is -0.502. The molecule has 0 saturated heterocycles. The number of carbonyl (C=O) groups excluding carboxylic acids is 1. The van der Waals surface area contributed by atoms with Crippen molar-refractivity contribution in [1.29, 1.82) is 0 Å². The molecule has 0 fully saturated rings. The Balaban J connectivity index is 3.61. The fraction of sp³-hybridized carbons (Fsp3) is 0.902. The van der Waals surface area contributed by atoms with Crippen molar-refractivity contribution in [2.24, 2.45) is 0 Å². The minimum Gasteiger partial charge on any atom is -0.394 e. The lowest BCUT2D eigenvalue weighted by molar-refractivity contribution is -0.131. The van der Waals surface area contributed by atoms with Gasteiger partial charge in [-0.15, -0.1) is 0 Å². The van der Waals surface area contributed by atoms with Crippen molar-refractivity contribution >= 4 is 5.91 Å². The van der Waals surface area contributed by atoms with Gasteiger partial charge >= 0.3 is 0 Å². The number of nitrogens with one attached hydrogen (secondary N) is 1. The predicted octanol–water partition coefficient (Wildman–Crippen LogP) is 14.9. The van der Waals surface area contributed by atoms with Gasteiger partial charge in [-0.05, 0) is 44.9 Å². The molecule has 0 aliphatic carbocycles. The molecule has 0 aliphatic heterocycles. The molecule has 0 aromatic rings. The smallest absolute Gasteiger partial charge is 0.249 e. The zero-order valence-electron chi connectivity index (χ0n) is 37.8. The van der Waals surface area contributed by atoms with Crippen LogP contribution in [0.3, 0.4) is 0 Å². The molecule has 0 spiro atoms. The molecule has 4 N–H and O–H groups in total. The fourth-order valence-electron chi connectivity index (χ4n) is 7.83. The molecular formula is C51H99NO4. The van der Waals surface area contributed by atoms with E-state index in [-0.39, 0.29) is 6.61 Å². The molecule has 1 amide bonds. The van der Waals surface area contributed by atoms with Gasteiger partial charge in [-0.2, -0.15) is 0 Å². The van der Waals surface area contributed by atoms with Crippen LogP contribution in [0.1, 0.15) is 271 Å². The van der Waals surface area contributed by atoms with Crippen LogP contribution in [0.5, 0.6) is 0 Å². The van der Waals surface area contributed by atoms with Crippen LogP contribution in [0.25, 0.3) is 0 Å². The van der Waals surface area contributed by atoms with E-state index in [1.165, 1.54) is 218 Å². The summed E-state index contributed by atoms with van der Waals surface area (Å²) < 4.78 is 0. The number of carbonyl (C=O) groups is 1. The second-order valence-electron chi connectivity index (χ2n) is 17.4. The van der Waals surface area contributed by atoms with Crippen LogP contribution in [0.15, 0.2) is 24.3 Å². The molecule has 3 atom stereocenters.